The number of ether oxygens (including phenoxy) is 1. The Morgan fingerprint density at radius 2 is 2.16 bits per heavy atom. The Bertz CT molecular complexity index is 888. The Labute approximate surface area is 147 Å². The molecule has 0 bridgehead atoms. The van der Waals surface area contributed by atoms with Gasteiger partial charge in [-0.05, 0) is 24.1 Å². The highest BCUT2D eigenvalue weighted by atomic mass is 32.1. The van der Waals surface area contributed by atoms with E-state index >= 15 is 0 Å². The minimum atomic E-state index is -0.628. The van der Waals surface area contributed by atoms with Crippen molar-refractivity contribution in [2.75, 3.05) is 19.0 Å². The highest BCUT2D eigenvalue weighted by Crippen LogP contribution is 2.37. The Morgan fingerprint density at radius 3 is 2.84 bits per heavy atom. The normalized spacial score (nSPS) is 12.9. The standard InChI is InChI=1S/C17H14FN3O3S/c1-24-17(23)21-7-6-10-12(8-19)16(25-14(10)9-21)20-15(22)11-4-2-3-5-13(11)18/h2-5H,6-7,9H2,1H3,(H,20,22). The number of nitrogens with zero attached hydrogens (tertiary/aromatic N) is 2. The van der Waals surface area contributed by atoms with E-state index in [0.29, 0.717) is 30.1 Å². The van der Waals surface area contributed by atoms with Gasteiger partial charge in [-0.15, -0.1) is 11.3 Å². The second-order valence-corrected chi connectivity index (χ2v) is 6.50. The van der Waals surface area contributed by atoms with Gasteiger partial charge >= 0.3 is 6.09 Å². The molecule has 3 rings (SSSR count). The smallest absolute Gasteiger partial charge is 0.409 e. The van der Waals surface area contributed by atoms with E-state index in [1.165, 1.54) is 41.5 Å². The number of carbonyl (C=O) groups excluding carboxylic acids is 2. The van der Waals surface area contributed by atoms with E-state index in [2.05, 4.69) is 11.4 Å². The minimum absolute atomic E-state index is 0.0889. The maximum atomic E-state index is 13.8. The van der Waals surface area contributed by atoms with Crippen molar-refractivity contribution in [3.05, 3.63) is 51.7 Å². The number of benzene rings is 1. The van der Waals surface area contributed by atoms with Gasteiger partial charge in [-0.3, -0.25) is 4.79 Å². The fraction of sp³-hybridized carbons (Fsp3) is 0.235. The summed E-state index contributed by atoms with van der Waals surface area (Å²) in [5, 5.41) is 12.4. The molecule has 6 nitrogen and oxygen atoms in total. The highest BCUT2D eigenvalue weighted by molar-refractivity contribution is 7.16. The van der Waals surface area contributed by atoms with Crippen LogP contribution in [0.2, 0.25) is 0 Å². The van der Waals surface area contributed by atoms with E-state index in [1.807, 2.05) is 0 Å². The molecule has 0 spiro atoms. The maximum absolute atomic E-state index is 13.8. The summed E-state index contributed by atoms with van der Waals surface area (Å²) in [6.07, 6.45) is 0.0638. The largest absolute Gasteiger partial charge is 0.453 e. The summed E-state index contributed by atoms with van der Waals surface area (Å²) >= 11 is 1.22. The van der Waals surface area contributed by atoms with Crippen molar-refractivity contribution in [3.63, 3.8) is 0 Å². The summed E-state index contributed by atoms with van der Waals surface area (Å²) < 4.78 is 18.5. The fourth-order valence-electron chi connectivity index (χ4n) is 2.71. The number of nitriles is 1. The first-order valence-electron chi connectivity index (χ1n) is 7.48. The number of hydrogen-bond acceptors (Lipinski definition) is 5. The third-order valence-electron chi connectivity index (χ3n) is 3.95. The molecular formula is C17H14FN3O3S. The Balaban J connectivity index is 1.88. The molecule has 0 fully saturated rings. The van der Waals surface area contributed by atoms with Crippen LogP contribution in [0.15, 0.2) is 24.3 Å². The number of hydrogen-bond donors (Lipinski definition) is 1. The van der Waals surface area contributed by atoms with Crippen molar-refractivity contribution in [2.45, 2.75) is 13.0 Å². The average Bonchev–Trinajstić information content (AvgIpc) is 2.97. The van der Waals surface area contributed by atoms with Crippen molar-refractivity contribution in [1.82, 2.24) is 4.90 Å². The van der Waals surface area contributed by atoms with Gasteiger partial charge in [0.25, 0.3) is 5.91 Å². The molecule has 0 saturated heterocycles. The lowest BCUT2D eigenvalue weighted by molar-refractivity contribution is 0.102. The molecular weight excluding hydrogens is 345 g/mol. The molecule has 2 heterocycles. The zero-order valence-corrected chi connectivity index (χ0v) is 14.2. The minimum Gasteiger partial charge on any atom is -0.453 e. The number of thiophene rings is 1. The van der Waals surface area contributed by atoms with Gasteiger partial charge in [-0.2, -0.15) is 5.26 Å². The molecule has 0 radical (unpaired) electrons. The SMILES string of the molecule is COC(=O)N1CCc2c(sc(NC(=O)c3ccccc3F)c2C#N)C1. The first-order chi connectivity index (χ1) is 12.0. The van der Waals surface area contributed by atoms with E-state index < -0.39 is 17.8 Å². The molecule has 128 valence electrons. The zero-order chi connectivity index (χ0) is 18.0. The first-order valence-corrected chi connectivity index (χ1v) is 8.30. The van der Waals surface area contributed by atoms with Gasteiger partial charge in [-0.25, -0.2) is 9.18 Å². The van der Waals surface area contributed by atoms with Crippen molar-refractivity contribution in [2.24, 2.45) is 0 Å². The topological polar surface area (TPSA) is 82.4 Å². The van der Waals surface area contributed by atoms with Crippen LogP contribution in [0.1, 0.15) is 26.4 Å². The highest BCUT2D eigenvalue weighted by Gasteiger charge is 2.28. The summed E-state index contributed by atoms with van der Waals surface area (Å²) in [6.45, 7) is 0.753. The lowest BCUT2D eigenvalue weighted by atomic mass is 10.0. The molecule has 0 saturated carbocycles. The molecule has 8 heteroatoms. The van der Waals surface area contributed by atoms with E-state index in [-0.39, 0.29) is 5.56 Å². The molecule has 2 amide bonds. The number of halogens is 1. The number of amides is 2. The van der Waals surface area contributed by atoms with Gasteiger partial charge in [0.05, 0.1) is 24.8 Å². The fourth-order valence-corrected chi connectivity index (χ4v) is 3.92. The van der Waals surface area contributed by atoms with Gasteiger partial charge < -0.3 is 15.0 Å². The lowest BCUT2D eigenvalue weighted by Crippen LogP contribution is -2.35. The Kier molecular flexibility index (Phi) is 4.67. The predicted octanol–water partition coefficient (Wildman–Crippen LogP) is 3.14. The molecule has 1 aromatic carbocycles. The summed E-state index contributed by atoms with van der Waals surface area (Å²) in [5.74, 6) is -1.24. The summed E-state index contributed by atoms with van der Waals surface area (Å²) in [5.41, 5.74) is 1.10. The quantitative estimate of drug-likeness (QED) is 0.893. The molecule has 1 N–H and O–H groups in total. The van der Waals surface area contributed by atoms with Gasteiger partial charge in [-0.1, -0.05) is 12.1 Å². The predicted molar refractivity (Wildman–Crippen MR) is 89.9 cm³/mol. The number of fused-ring (bicyclic) bond motifs is 1. The van der Waals surface area contributed by atoms with Crippen molar-refractivity contribution in [1.29, 1.82) is 5.26 Å². The Morgan fingerprint density at radius 1 is 1.40 bits per heavy atom. The number of rotatable bonds is 2. The van der Waals surface area contributed by atoms with Crippen LogP contribution in [0.3, 0.4) is 0 Å². The third kappa shape index (κ3) is 3.19. The van der Waals surface area contributed by atoms with Crippen LogP contribution < -0.4 is 5.32 Å². The Hall–Kier alpha value is -2.92. The number of carbonyl (C=O) groups is 2. The van der Waals surface area contributed by atoms with Crippen LogP contribution in [0, 0.1) is 17.1 Å². The van der Waals surface area contributed by atoms with Gasteiger partial charge in [0.1, 0.15) is 16.9 Å². The van der Waals surface area contributed by atoms with Gasteiger partial charge in [0.2, 0.25) is 0 Å². The van der Waals surface area contributed by atoms with Crippen molar-refractivity contribution >= 4 is 28.3 Å². The van der Waals surface area contributed by atoms with Gasteiger partial charge in [0.15, 0.2) is 0 Å². The van der Waals surface area contributed by atoms with E-state index in [0.717, 1.165) is 10.4 Å². The van der Waals surface area contributed by atoms with Crippen LogP contribution in [-0.2, 0) is 17.7 Å². The maximum Gasteiger partial charge on any atom is 0.409 e. The van der Waals surface area contributed by atoms with Crippen molar-refractivity contribution < 1.29 is 18.7 Å². The molecule has 1 aromatic heterocycles. The zero-order valence-electron chi connectivity index (χ0n) is 13.3. The summed E-state index contributed by atoms with van der Waals surface area (Å²) in [7, 11) is 1.31. The van der Waals surface area contributed by atoms with Crippen LogP contribution in [-0.4, -0.2) is 30.6 Å². The third-order valence-corrected chi connectivity index (χ3v) is 5.08. The van der Waals surface area contributed by atoms with Crippen LogP contribution in [0.25, 0.3) is 0 Å². The molecule has 0 atom stereocenters. The number of anilines is 1. The number of methoxy groups -OCH3 is 1. The molecule has 1 aliphatic heterocycles. The lowest BCUT2D eigenvalue weighted by Gasteiger charge is -2.25. The van der Waals surface area contributed by atoms with E-state index in [4.69, 9.17) is 4.74 Å². The van der Waals surface area contributed by atoms with Crippen LogP contribution in [0.5, 0.6) is 0 Å². The summed E-state index contributed by atoms with van der Waals surface area (Å²) in [4.78, 5) is 26.3. The summed E-state index contributed by atoms with van der Waals surface area (Å²) in [6, 6.07) is 7.75. The molecule has 1 aliphatic rings. The second-order valence-electron chi connectivity index (χ2n) is 5.40. The molecule has 2 aromatic rings. The van der Waals surface area contributed by atoms with Crippen LogP contribution >= 0.6 is 11.3 Å². The first kappa shape index (κ1) is 16.9. The van der Waals surface area contributed by atoms with Gasteiger partial charge in [0, 0.05) is 11.4 Å². The number of nitrogens with one attached hydrogen (secondary N) is 1. The second kappa shape index (κ2) is 6.91. The monoisotopic (exact) mass is 359 g/mol. The average molecular weight is 359 g/mol. The van der Waals surface area contributed by atoms with Crippen molar-refractivity contribution in [3.8, 4) is 6.07 Å². The van der Waals surface area contributed by atoms with E-state index in [9.17, 15) is 19.2 Å². The molecule has 0 aliphatic carbocycles. The molecule has 25 heavy (non-hydrogen) atoms. The van der Waals surface area contributed by atoms with Crippen LogP contribution in [0.4, 0.5) is 14.2 Å². The van der Waals surface area contributed by atoms with E-state index in [1.54, 1.807) is 6.07 Å². The molecule has 0 unspecified atom stereocenters.